The van der Waals surface area contributed by atoms with E-state index in [0.29, 0.717) is 17.7 Å². The van der Waals surface area contributed by atoms with Gasteiger partial charge >= 0.3 is 7.60 Å². The SMILES string of the molecule is CCOP(=O)(OCC)C(NCc1ccccc1)(C(C)C(O)c1ccccc1)C(C)C(O)c1ccccc1. The largest absolute Gasteiger partial charge is 0.388 e. The highest BCUT2D eigenvalue weighted by Gasteiger charge is 2.61. The molecule has 3 aromatic rings. The van der Waals surface area contributed by atoms with Gasteiger partial charge in [0.15, 0.2) is 0 Å². The topological polar surface area (TPSA) is 88.0 Å². The first-order valence-electron chi connectivity index (χ1n) is 12.9. The Labute approximate surface area is 221 Å². The first kappa shape index (κ1) is 29.2. The summed E-state index contributed by atoms with van der Waals surface area (Å²) in [6.45, 7) is 7.85. The summed E-state index contributed by atoms with van der Waals surface area (Å²) < 4.78 is 26.9. The monoisotopic (exact) mass is 525 g/mol. The molecule has 0 bridgehead atoms. The molecule has 7 heteroatoms. The molecule has 0 aliphatic heterocycles. The third kappa shape index (κ3) is 6.40. The Morgan fingerprint density at radius 1 is 0.730 bits per heavy atom. The van der Waals surface area contributed by atoms with Gasteiger partial charge in [0, 0.05) is 18.4 Å². The average molecular weight is 526 g/mol. The van der Waals surface area contributed by atoms with Crippen LogP contribution in [0.2, 0.25) is 0 Å². The summed E-state index contributed by atoms with van der Waals surface area (Å²) in [6.07, 6.45) is -2.02. The van der Waals surface area contributed by atoms with Crippen LogP contribution in [0.25, 0.3) is 0 Å². The predicted octanol–water partition coefficient (Wildman–Crippen LogP) is 6.48. The normalized spacial score (nSPS) is 16.9. The van der Waals surface area contributed by atoms with E-state index in [2.05, 4.69) is 5.32 Å². The molecule has 3 rings (SSSR count). The van der Waals surface area contributed by atoms with Gasteiger partial charge in [-0.15, -0.1) is 0 Å². The van der Waals surface area contributed by atoms with Crippen molar-refractivity contribution in [3.05, 3.63) is 108 Å². The van der Waals surface area contributed by atoms with E-state index in [1.807, 2.05) is 105 Å². The summed E-state index contributed by atoms with van der Waals surface area (Å²) in [5.74, 6) is -1.37. The molecule has 200 valence electrons. The molecule has 4 atom stereocenters. The van der Waals surface area contributed by atoms with Crippen molar-refractivity contribution >= 4 is 7.60 Å². The Bertz CT molecular complexity index is 1050. The Morgan fingerprint density at radius 3 is 1.49 bits per heavy atom. The molecule has 0 fully saturated rings. The maximum absolute atomic E-state index is 14.9. The van der Waals surface area contributed by atoms with Crippen LogP contribution in [0.3, 0.4) is 0 Å². The Kier molecular flexibility index (Phi) is 10.7. The quantitative estimate of drug-likeness (QED) is 0.209. The molecule has 0 heterocycles. The number of aliphatic hydroxyl groups is 2. The van der Waals surface area contributed by atoms with Gasteiger partial charge in [-0.25, -0.2) is 0 Å². The number of benzene rings is 3. The van der Waals surface area contributed by atoms with E-state index in [-0.39, 0.29) is 13.2 Å². The predicted molar refractivity (Wildman–Crippen MR) is 148 cm³/mol. The number of hydrogen-bond donors (Lipinski definition) is 3. The van der Waals surface area contributed by atoms with Crippen LogP contribution in [0.4, 0.5) is 0 Å². The van der Waals surface area contributed by atoms with E-state index in [1.165, 1.54) is 0 Å². The van der Waals surface area contributed by atoms with Crippen LogP contribution in [0.15, 0.2) is 91.0 Å². The first-order chi connectivity index (χ1) is 17.8. The minimum atomic E-state index is -3.99. The fraction of sp³-hybridized carbons (Fsp3) is 0.400. The highest BCUT2D eigenvalue weighted by atomic mass is 31.2. The summed E-state index contributed by atoms with van der Waals surface area (Å²) in [5, 5.41) is 25.4. The maximum atomic E-state index is 14.9. The number of hydrogen-bond acceptors (Lipinski definition) is 6. The number of aliphatic hydroxyl groups excluding tert-OH is 2. The molecule has 0 saturated heterocycles. The minimum absolute atomic E-state index is 0.147. The molecule has 0 aromatic heterocycles. The summed E-state index contributed by atoms with van der Waals surface area (Å²) in [5.41, 5.74) is 2.33. The van der Waals surface area contributed by atoms with E-state index in [0.717, 1.165) is 5.56 Å². The third-order valence-corrected chi connectivity index (χ3v) is 10.2. The van der Waals surface area contributed by atoms with Crippen LogP contribution >= 0.6 is 7.60 Å². The van der Waals surface area contributed by atoms with E-state index in [4.69, 9.17) is 9.05 Å². The van der Waals surface area contributed by atoms with Crippen molar-refractivity contribution in [2.45, 2.75) is 51.7 Å². The molecule has 4 unspecified atom stereocenters. The van der Waals surface area contributed by atoms with Gasteiger partial charge in [-0.3, -0.25) is 9.88 Å². The van der Waals surface area contributed by atoms with Crippen molar-refractivity contribution in [2.75, 3.05) is 13.2 Å². The molecule has 0 spiro atoms. The highest BCUT2D eigenvalue weighted by molar-refractivity contribution is 7.55. The lowest BCUT2D eigenvalue weighted by atomic mass is 9.79. The third-order valence-electron chi connectivity index (χ3n) is 7.09. The molecule has 0 radical (unpaired) electrons. The van der Waals surface area contributed by atoms with E-state index in [9.17, 15) is 14.8 Å². The highest BCUT2D eigenvalue weighted by Crippen LogP contribution is 2.67. The van der Waals surface area contributed by atoms with Gasteiger partial charge in [0.05, 0.1) is 25.4 Å². The van der Waals surface area contributed by atoms with Gasteiger partial charge in [-0.05, 0) is 30.5 Å². The lowest BCUT2D eigenvalue weighted by Crippen LogP contribution is -2.58. The number of rotatable bonds is 14. The molecule has 6 nitrogen and oxygen atoms in total. The van der Waals surface area contributed by atoms with E-state index < -0.39 is 36.9 Å². The van der Waals surface area contributed by atoms with E-state index in [1.54, 1.807) is 13.8 Å². The Morgan fingerprint density at radius 2 is 1.11 bits per heavy atom. The second-order valence-electron chi connectivity index (χ2n) is 9.29. The zero-order chi connectivity index (χ0) is 26.9. The van der Waals surface area contributed by atoms with Gasteiger partial charge < -0.3 is 19.3 Å². The summed E-state index contributed by atoms with van der Waals surface area (Å²) >= 11 is 0. The first-order valence-corrected chi connectivity index (χ1v) is 14.5. The van der Waals surface area contributed by atoms with Crippen LogP contribution in [0.5, 0.6) is 0 Å². The van der Waals surface area contributed by atoms with Gasteiger partial charge in [-0.1, -0.05) is 105 Å². The molecule has 37 heavy (non-hydrogen) atoms. The molecule has 0 amide bonds. The van der Waals surface area contributed by atoms with Crippen LogP contribution < -0.4 is 5.32 Å². The molecular weight excluding hydrogens is 485 g/mol. The lowest BCUT2D eigenvalue weighted by molar-refractivity contribution is -0.00256. The summed E-state index contributed by atoms with van der Waals surface area (Å²) in [7, 11) is -3.99. The standard InChI is InChI=1S/C30H40NO5P/c1-5-35-37(34,36-6-2)30(31-22-25-16-10-7-11-17-25,23(3)28(32)26-18-12-8-13-19-26)24(4)29(33)27-20-14-9-15-21-27/h7-21,23-24,28-29,31-33H,5-6,22H2,1-4H3. The molecule has 0 aliphatic carbocycles. The zero-order valence-corrected chi connectivity index (χ0v) is 23.1. The van der Waals surface area contributed by atoms with Crippen molar-refractivity contribution in [1.29, 1.82) is 0 Å². The van der Waals surface area contributed by atoms with Crippen LogP contribution in [0, 0.1) is 11.8 Å². The summed E-state index contributed by atoms with van der Waals surface area (Å²) in [6, 6.07) is 28.3. The molecule has 0 saturated carbocycles. The van der Waals surface area contributed by atoms with Gasteiger partial charge in [0.1, 0.15) is 5.28 Å². The van der Waals surface area contributed by atoms with Gasteiger partial charge in [-0.2, -0.15) is 0 Å². The Balaban J connectivity index is 2.22. The minimum Gasteiger partial charge on any atom is -0.388 e. The van der Waals surface area contributed by atoms with Crippen molar-refractivity contribution in [3.8, 4) is 0 Å². The van der Waals surface area contributed by atoms with Crippen LogP contribution in [-0.2, 0) is 20.2 Å². The molecule has 0 aliphatic rings. The second kappa shape index (κ2) is 13.5. The smallest absolute Gasteiger partial charge is 0.351 e. The second-order valence-corrected chi connectivity index (χ2v) is 11.5. The van der Waals surface area contributed by atoms with Crippen molar-refractivity contribution < 1.29 is 23.8 Å². The van der Waals surface area contributed by atoms with Crippen LogP contribution in [0.1, 0.15) is 56.6 Å². The lowest BCUT2D eigenvalue weighted by Gasteiger charge is -2.50. The zero-order valence-electron chi connectivity index (χ0n) is 22.2. The van der Waals surface area contributed by atoms with Crippen molar-refractivity contribution in [2.24, 2.45) is 11.8 Å². The molecule has 3 aromatic carbocycles. The fourth-order valence-electron chi connectivity index (χ4n) is 5.12. The maximum Gasteiger partial charge on any atom is 0.351 e. The van der Waals surface area contributed by atoms with Crippen molar-refractivity contribution in [1.82, 2.24) is 5.32 Å². The fourth-order valence-corrected chi connectivity index (χ4v) is 7.86. The van der Waals surface area contributed by atoms with Gasteiger partial charge in [0.25, 0.3) is 0 Å². The molecule has 3 N–H and O–H groups in total. The van der Waals surface area contributed by atoms with Crippen molar-refractivity contribution in [3.63, 3.8) is 0 Å². The Hall–Kier alpha value is -2.31. The summed E-state index contributed by atoms with van der Waals surface area (Å²) in [4.78, 5) is 0. The average Bonchev–Trinajstić information content (AvgIpc) is 2.94. The van der Waals surface area contributed by atoms with Gasteiger partial charge in [0.2, 0.25) is 0 Å². The number of nitrogens with one attached hydrogen (secondary N) is 1. The van der Waals surface area contributed by atoms with Crippen LogP contribution in [-0.4, -0.2) is 28.7 Å². The molecular formula is C30H40NO5P. The van der Waals surface area contributed by atoms with E-state index >= 15 is 0 Å².